The maximum Gasteiger partial charge on any atom is 0.326 e. The van der Waals surface area contributed by atoms with Gasteiger partial charge < -0.3 is 15.2 Å². The van der Waals surface area contributed by atoms with Gasteiger partial charge in [-0.15, -0.1) is 0 Å². The molecule has 0 atom stereocenters. The summed E-state index contributed by atoms with van der Waals surface area (Å²) >= 11 is 0. The number of hydrogen-bond donors (Lipinski definition) is 1. The second-order valence-electron chi connectivity index (χ2n) is 4.07. The summed E-state index contributed by atoms with van der Waals surface area (Å²) in [6.07, 6.45) is 2.69. The van der Waals surface area contributed by atoms with Crippen molar-refractivity contribution >= 4 is 5.97 Å². The fraction of sp³-hybridized carbons (Fsp3) is 0.900. The zero-order valence-corrected chi connectivity index (χ0v) is 8.91. The summed E-state index contributed by atoms with van der Waals surface area (Å²) in [7, 11) is 0. The molecule has 0 amide bonds. The van der Waals surface area contributed by atoms with Crippen molar-refractivity contribution in [1.82, 2.24) is 0 Å². The largest absolute Gasteiger partial charge is 0.462 e. The fourth-order valence-electron chi connectivity index (χ4n) is 1.32. The molecule has 82 valence electrons. The first kappa shape index (κ1) is 11.5. The first-order valence-electron chi connectivity index (χ1n) is 5.12. The molecule has 1 rings (SSSR count). The maximum atomic E-state index is 11.4. The summed E-state index contributed by atoms with van der Waals surface area (Å²) in [5, 5.41) is 0. The number of nitrogens with two attached hydrogens (primary N) is 1. The number of carbonyl (C=O) groups is 1. The number of carbonyl (C=O) groups excluding carboxylic acids is 1. The van der Waals surface area contributed by atoms with Crippen LogP contribution in [0.2, 0.25) is 0 Å². The molecule has 0 spiro atoms. The van der Waals surface area contributed by atoms with Crippen LogP contribution < -0.4 is 5.73 Å². The van der Waals surface area contributed by atoms with Crippen molar-refractivity contribution in [3.63, 3.8) is 0 Å². The Morgan fingerprint density at radius 2 is 2.07 bits per heavy atom. The molecule has 0 bridgehead atoms. The molecule has 0 aromatic carbocycles. The first-order valence-corrected chi connectivity index (χ1v) is 5.12. The topological polar surface area (TPSA) is 61.5 Å². The number of hydrogen-bond acceptors (Lipinski definition) is 4. The van der Waals surface area contributed by atoms with E-state index in [0.29, 0.717) is 13.2 Å². The van der Waals surface area contributed by atoms with Gasteiger partial charge in [-0.1, -0.05) is 0 Å². The van der Waals surface area contributed by atoms with Gasteiger partial charge in [0, 0.05) is 0 Å². The van der Waals surface area contributed by atoms with Gasteiger partial charge in [0.2, 0.25) is 0 Å². The van der Waals surface area contributed by atoms with Gasteiger partial charge in [-0.2, -0.15) is 0 Å². The molecule has 0 aromatic heterocycles. The van der Waals surface area contributed by atoms with E-state index in [9.17, 15) is 4.79 Å². The van der Waals surface area contributed by atoms with Crippen molar-refractivity contribution in [3.05, 3.63) is 0 Å². The molecule has 0 radical (unpaired) electrons. The van der Waals surface area contributed by atoms with Gasteiger partial charge in [-0.05, 0) is 33.1 Å². The zero-order valence-electron chi connectivity index (χ0n) is 8.91. The molecule has 0 saturated heterocycles. The number of esters is 1. The SMILES string of the molecule is CC(C)OCCOC(=O)C1(N)CCC1. The minimum atomic E-state index is -0.697. The van der Waals surface area contributed by atoms with E-state index in [2.05, 4.69) is 0 Å². The van der Waals surface area contributed by atoms with Crippen LogP contribution in [0.3, 0.4) is 0 Å². The highest BCUT2D eigenvalue weighted by Gasteiger charge is 2.41. The molecule has 1 fully saturated rings. The van der Waals surface area contributed by atoms with Crippen LogP contribution >= 0.6 is 0 Å². The third-order valence-corrected chi connectivity index (χ3v) is 2.42. The standard InChI is InChI=1S/C10H19NO3/c1-8(2)13-6-7-14-9(12)10(11)4-3-5-10/h8H,3-7,11H2,1-2H3. The van der Waals surface area contributed by atoms with E-state index in [0.717, 1.165) is 19.3 Å². The Morgan fingerprint density at radius 1 is 1.43 bits per heavy atom. The van der Waals surface area contributed by atoms with Gasteiger partial charge in [0.25, 0.3) is 0 Å². The first-order chi connectivity index (χ1) is 6.54. The van der Waals surface area contributed by atoms with Crippen molar-refractivity contribution in [3.8, 4) is 0 Å². The number of rotatable bonds is 5. The predicted molar refractivity (Wildman–Crippen MR) is 52.8 cm³/mol. The Labute approximate surface area is 84.7 Å². The van der Waals surface area contributed by atoms with Crippen LogP contribution in [0.5, 0.6) is 0 Å². The van der Waals surface area contributed by atoms with Crippen LogP contribution in [0, 0.1) is 0 Å². The molecule has 1 aliphatic carbocycles. The van der Waals surface area contributed by atoms with E-state index in [1.165, 1.54) is 0 Å². The summed E-state index contributed by atoms with van der Waals surface area (Å²) in [6, 6.07) is 0. The average molecular weight is 201 g/mol. The Balaban J connectivity index is 2.09. The van der Waals surface area contributed by atoms with Crippen molar-refractivity contribution in [1.29, 1.82) is 0 Å². The number of ether oxygens (including phenoxy) is 2. The van der Waals surface area contributed by atoms with Crippen molar-refractivity contribution in [2.75, 3.05) is 13.2 Å². The third kappa shape index (κ3) is 2.96. The summed E-state index contributed by atoms with van der Waals surface area (Å²) in [6.45, 7) is 4.63. The quantitative estimate of drug-likeness (QED) is 0.529. The van der Waals surface area contributed by atoms with Gasteiger partial charge >= 0.3 is 5.97 Å². The summed E-state index contributed by atoms with van der Waals surface area (Å²) < 4.78 is 10.2. The molecule has 2 N–H and O–H groups in total. The molecule has 1 aliphatic rings. The van der Waals surface area contributed by atoms with E-state index < -0.39 is 5.54 Å². The smallest absolute Gasteiger partial charge is 0.326 e. The summed E-state index contributed by atoms with van der Waals surface area (Å²) in [5.74, 6) is -0.281. The molecule has 14 heavy (non-hydrogen) atoms. The molecule has 0 aromatic rings. The van der Waals surface area contributed by atoms with Crippen LogP contribution in [0.15, 0.2) is 0 Å². The van der Waals surface area contributed by atoms with E-state index in [4.69, 9.17) is 15.2 Å². The molecule has 4 heteroatoms. The predicted octanol–water partition coefficient (Wildman–Crippen LogP) is 0.836. The minimum absolute atomic E-state index is 0.171. The Bertz CT molecular complexity index is 200. The maximum absolute atomic E-state index is 11.4. The zero-order chi connectivity index (χ0) is 10.6. The molecular weight excluding hydrogens is 182 g/mol. The van der Waals surface area contributed by atoms with E-state index in [-0.39, 0.29) is 12.1 Å². The van der Waals surface area contributed by atoms with Crippen molar-refractivity contribution in [2.24, 2.45) is 5.73 Å². The van der Waals surface area contributed by atoms with E-state index in [1.807, 2.05) is 13.8 Å². The Morgan fingerprint density at radius 3 is 2.50 bits per heavy atom. The lowest BCUT2D eigenvalue weighted by Crippen LogP contribution is -2.54. The third-order valence-electron chi connectivity index (χ3n) is 2.42. The highest BCUT2D eigenvalue weighted by Crippen LogP contribution is 2.29. The molecule has 0 unspecified atom stereocenters. The van der Waals surface area contributed by atoms with E-state index in [1.54, 1.807) is 0 Å². The van der Waals surface area contributed by atoms with Crippen LogP contribution in [0.25, 0.3) is 0 Å². The second kappa shape index (κ2) is 4.75. The fourth-order valence-corrected chi connectivity index (χ4v) is 1.32. The molecule has 4 nitrogen and oxygen atoms in total. The summed E-state index contributed by atoms with van der Waals surface area (Å²) in [4.78, 5) is 11.4. The average Bonchev–Trinajstić information content (AvgIpc) is 2.07. The molecule has 1 saturated carbocycles. The Kier molecular flexibility index (Phi) is 3.89. The molecule has 0 aliphatic heterocycles. The van der Waals surface area contributed by atoms with Gasteiger partial charge in [0.15, 0.2) is 0 Å². The van der Waals surface area contributed by atoms with Crippen LogP contribution in [-0.4, -0.2) is 30.8 Å². The normalized spacial score (nSPS) is 19.1. The second-order valence-corrected chi connectivity index (χ2v) is 4.07. The minimum Gasteiger partial charge on any atom is -0.462 e. The lowest BCUT2D eigenvalue weighted by atomic mass is 9.78. The Hall–Kier alpha value is -0.610. The highest BCUT2D eigenvalue weighted by atomic mass is 16.6. The van der Waals surface area contributed by atoms with Crippen LogP contribution in [0.1, 0.15) is 33.1 Å². The van der Waals surface area contributed by atoms with E-state index >= 15 is 0 Å². The van der Waals surface area contributed by atoms with Gasteiger partial charge in [-0.25, -0.2) is 0 Å². The molecular formula is C10H19NO3. The molecule has 0 heterocycles. The van der Waals surface area contributed by atoms with Crippen molar-refractivity contribution < 1.29 is 14.3 Å². The lowest BCUT2D eigenvalue weighted by Gasteiger charge is -2.35. The highest BCUT2D eigenvalue weighted by molar-refractivity contribution is 5.81. The van der Waals surface area contributed by atoms with Gasteiger partial charge in [-0.3, -0.25) is 4.79 Å². The van der Waals surface area contributed by atoms with Gasteiger partial charge in [0.1, 0.15) is 12.1 Å². The van der Waals surface area contributed by atoms with Crippen molar-refractivity contribution in [2.45, 2.75) is 44.8 Å². The van der Waals surface area contributed by atoms with Crippen LogP contribution in [-0.2, 0) is 14.3 Å². The lowest BCUT2D eigenvalue weighted by molar-refractivity contribution is -0.155. The van der Waals surface area contributed by atoms with Crippen LogP contribution in [0.4, 0.5) is 0 Å². The monoisotopic (exact) mass is 201 g/mol. The van der Waals surface area contributed by atoms with Gasteiger partial charge in [0.05, 0.1) is 12.7 Å². The summed E-state index contributed by atoms with van der Waals surface area (Å²) in [5.41, 5.74) is 5.08.